The number of thiazole rings is 1. The highest BCUT2D eigenvalue weighted by Crippen LogP contribution is 2.30. The first-order valence-electron chi connectivity index (χ1n) is 8.54. The zero-order chi connectivity index (χ0) is 18.8. The molecule has 1 fully saturated rings. The number of hydrogen-bond acceptors (Lipinski definition) is 6. The summed E-state index contributed by atoms with van der Waals surface area (Å²) in [5, 5.41) is 3.39. The number of aromatic nitrogens is 2. The minimum Gasteiger partial charge on any atom is -0.497 e. The number of nitrogens with zero attached hydrogens (tertiary/aromatic N) is 3. The Kier molecular flexibility index (Phi) is 4.72. The van der Waals surface area contributed by atoms with Crippen LogP contribution in [0.5, 0.6) is 5.75 Å². The largest absolute Gasteiger partial charge is 0.497 e. The van der Waals surface area contributed by atoms with Gasteiger partial charge in [0, 0.05) is 38.0 Å². The molecule has 27 heavy (non-hydrogen) atoms. The van der Waals surface area contributed by atoms with Crippen molar-refractivity contribution in [3.63, 3.8) is 0 Å². The van der Waals surface area contributed by atoms with Crippen molar-refractivity contribution in [2.75, 3.05) is 19.0 Å². The van der Waals surface area contributed by atoms with Gasteiger partial charge in [0.05, 0.1) is 23.2 Å². The summed E-state index contributed by atoms with van der Waals surface area (Å²) >= 11 is 1.40. The average Bonchev–Trinajstić information content (AvgIpc) is 3.25. The summed E-state index contributed by atoms with van der Waals surface area (Å²) in [6.07, 6.45) is 3.61. The van der Waals surface area contributed by atoms with Gasteiger partial charge in [-0.05, 0) is 29.8 Å². The van der Waals surface area contributed by atoms with E-state index in [0.29, 0.717) is 18.2 Å². The third-order valence-electron chi connectivity index (χ3n) is 4.53. The van der Waals surface area contributed by atoms with Crippen LogP contribution >= 0.6 is 11.3 Å². The van der Waals surface area contributed by atoms with Gasteiger partial charge in [-0.3, -0.25) is 14.6 Å². The van der Waals surface area contributed by atoms with Crippen molar-refractivity contribution in [1.29, 1.82) is 0 Å². The maximum absolute atomic E-state index is 12.6. The number of pyridine rings is 1. The van der Waals surface area contributed by atoms with E-state index in [1.807, 2.05) is 30.3 Å². The van der Waals surface area contributed by atoms with Gasteiger partial charge >= 0.3 is 0 Å². The van der Waals surface area contributed by atoms with Gasteiger partial charge in [0.2, 0.25) is 11.8 Å². The molecule has 3 heterocycles. The number of carbonyl (C=O) groups is 2. The summed E-state index contributed by atoms with van der Waals surface area (Å²) in [6, 6.07) is 9.35. The number of carbonyl (C=O) groups excluding carboxylic acids is 2. The highest BCUT2D eigenvalue weighted by atomic mass is 32.1. The van der Waals surface area contributed by atoms with Crippen LogP contribution in [-0.4, -0.2) is 40.3 Å². The fourth-order valence-electron chi connectivity index (χ4n) is 3.10. The number of amides is 2. The van der Waals surface area contributed by atoms with E-state index >= 15 is 0 Å². The van der Waals surface area contributed by atoms with Crippen molar-refractivity contribution in [1.82, 2.24) is 14.9 Å². The van der Waals surface area contributed by atoms with Crippen LogP contribution < -0.4 is 10.1 Å². The summed E-state index contributed by atoms with van der Waals surface area (Å²) in [5.41, 5.74) is 1.77. The van der Waals surface area contributed by atoms with Crippen LogP contribution in [0.4, 0.5) is 5.13 Å². The number of ether oxygens (including phenoxy) is 1. The van der Waals surface area contributed by atoms with Crippen molar-refractivity contribution in [2.45, 2.75) is 13.0 Å². The summed E-state index contributed by atoms with van der Waals surface area (Å²) in [7, 11) is 1.60. The molecule has 0 unspecified atom stereocenters. The number of hydrogen-bond donors (Lipinski definition) is 1. The monoisotopic (exact) mass is 382 g/mol. The second kappa shape index (κ2) is 7.32. The number of fused-ring (bicyclic) bond motifs is 1. The Bertz CT molecular complexity index is 989. The second-order valence-electron chi connectivity index (χ2n) is 6.37. The molecular weight excluding hydrogens is 364 g/mol. The highest BCUT2D eigenvalue weighted by Gasteiger charge is 2.34. The van der Waals surface area contributed by atoms with Gasteiger partial charge in [-0.15, -0.1) is 0 Å². The third kappa shape index (κ3) is 3.75. The first-order chi connectivity index (χ1) is 13.1. The van der Waals surface area contributed by atoms with E-state index in [2.05, 4.69) is 15.3 Å². The molecule has 1 aliphatic rings. The Balaban J connectivity index is 1.42. The lowest BCUT2D eigenvalue weighted by Gasteiger charge is -2.16. The zero-order valence-corrected chi connectivity index (χ0v) is 15.5. The molecule has 1 aliphatic heterocycles. The maximum atomic E-state index is 12.6. The zero-order valence-electron chi connectivity index (χ0n) is 14.7. The molecule has 1 aromatic carbocycles. The van der Waals surface area contributed by atoms with E-state index in [1.54, 1.807) is 24.4 Å². The number of anilines is 1. The number of likely N-dealkylation sites (tertiary alicyclic amines) is 1. The van der Waals surface area contributed by atoms with E-state index in [0.717, 1.165) is 21.5 Å². The molecule has 1 saturated heterocycles. The van der Waals surface area contributed by atoms with E-state index in [1.165, 1.54) is 11.3 Å². The van der Waals surface area contributed by atoms with Crippen LogP contribution in [0, 0.1) is 5.92 Å². The van der Waals surface area contributed by atoms with E-state index < -0.39 is 0 Å². The van der Waals surface area contributed by atoms with E-state index in [9.17, 15) is 9.59 Å². The molecular formula is C19H18N4O3S. The number of nitrogens with one attached hydrogen (secondary N) is 1. The minimum absolute atomic E-state index is 0.0130. The molecule has 0 bridgehead atoms. The summed E-state index contributed by atoms with van der Waals surface area (Å²) in [4.78, 5) is 35.0. The van der Waals surface area contributed by atoms with Gasteiger partial charge in [0.1, 0.15) is 5.75 Å². The second-order valence-corrected chi connectivity index (χ2v) is 7.40. The molecule has 3 aromatic rings. The van der Waals surface area contributed by atoms with Crippen molar-refractivity contribution in [2.24, 2.45) is 5.92 Å². The smallest absolute Gasteiger partial charge is 0.231 e. The van der Waals surface area contributed by atoms with E-state index in [4.69, 9.17) is 4.74 Å². The van der Waals surface area contributed by atoms with Gasteiger partial charge in [-0.25, -0.2) is 4.98 Å². The lowest BCUT2D eigenvalue weighted by atomic mass is 10.1. The van der Waals surface area contributed by atoms with Crippen LogP contribution in [0.3, 0.4) is 0 Å². The Morgan fingerprint density at radius 1 is 1.33 bits per heavy atom. The molecule has 2 amide bonds. The fraction of sp³-hybridized carbons (Fsp3) is 0.263. The van der Waals surface area contributed by atoms with Gasteiger partial charge in [0.25, 0.3) is 0 Å². The van der Waals surface area contributed by atoms with Crippen LogP contribution in [0.15, 0.2) is 42.7 Å². The molecule has 1 atom stereocenters. The molecule has 138 valence electrons. The topological polar surface area (TPSA) is 84.4 Å². The molecule has 0 aliphatic carbocycles. The van der Waals surface area contributed by atoms with Gasteiger partial charge in [-0.1, -0.05) is 11.3 Å². The van der Waals surface area contributed by atoms with Crippen molar-refractivity contribution >= 4 is 38.5 Å². The molecule has 0 saturated carbocycles. The van der Waals surface area contributed by atoms with Gasteiger partial charge in [-0.2, -0.15) is 0 Å². The predicted molar refractivity (Wildman–Crippen MR) is 103 cm³/mol. The number of methoxy groups -OCH3 is 1. The van der Waals surface area contributed by atoms with Crippen LogP contribution in [0.1, 0.15) is 12.0 Å². The molecule has 0 spiro atoms. The van der Waals surface area contributed by atoms with Crippen molar-refractivity contribution < 1.29 is 14.3 Å². The maximum Gasteiger partial charge on any atom is 0.231 e. The lowest BCUT2D eigenvalue weighted by Crippen LogP contribution is -2.28. The summed E-state index contributed by atoms with van der Waals surface area (Å²) in [6.45, 7) is 0.901. The molecule has 4 rings (SSSR count). The van der Waals surface area contributed by atoms with Crippen molar-refractivity contribution in [3.8, 4) is 5.75 Å². The number of benzene rings is 1. The molecule has 0 radical (unpaired) electrons. The molecule has 1 N–H and O–H groups in total. The quantitative estimate of drug-likeness (QED) is 0.733. The first kappa shape index (κ1) is 17.4. The molecule has 2 aromatic heterocycles. The standard InChI is InChI=1S/C19H18N4O3S/c1-26-14-2-3-16-15(9-14)21-19(27-16)22-18(25)13-8-17(24)23(11-13)10-12-4-6-20-7-5-12/h2-7,9,13H,8,10-11H2,1H3,(H,21,22,25)/t13-/m1/s1. The molecule has 7 nitrogen and oxygen atoms in total. The van der Waals surface area contributed by atoms with Gasteiger partial charge in [0.15, 0.2) is 5.13 Å². The lowest BCUT2D eigenvalue weighted by molar-refractivity contribution is -0.128. The van der Waals surface area contributed by atoms with Crippen LogP contribution in [-0.2, 0) is 16.1 Å². The SMILES string of the molecule is COc1ccc2sc(NC(=O)[C@@H]3CC(=O)N(Cc4ccncc4)C3)nc2c1. The minimum atomic E-state index is -0.374. The fourth-order valence-corrected chi connectivity index (χ4v) is 3.95. The van der Waals surface area contributed by atoms with Crippen LogP contribution in [0.25, 0.3) is 10.2 Å². The normalized spacial score (nSPS) is 16.7. The predicted octanol–water partition coefficient (Wildman–Crippen LogP) is 2.69. The summed E-state index contributed by atoms with van der Waals surface area (Å²) in [5.74, 6) is 0.160. The Morgan fingerprint density at radius 3 is 2.93 bits per heavy atom. The Labute approximate surface area is 160 Å². The Hall–Kier alpha value is -3.00. The van der Waals surface area contributed by atoms with Crippen molar-refractivity contribution in [3.05, 3.63) is 48.3 Å². The number of rotatable bonds is 5. The molecule has 8 heteroatoms. The Morgan fingerprint density at radius 2 is 2.15 bits per heavy atom. The average molecular weight is 382 g/mol. The van der Waals surface area contributed by atoms with Crippen LogP contribution in [0.2, 0.25) is 0 Å². The van der Waals surface area contributed by atoms with E-state index in [-0.39, 0.29) is 24.2 Å². The third-order valence-corrected chi connectivity index (χ3v) is 5.48. The van der Waals surface area contributed by atoms with Gasteiger partial charge < -0.3 is 15.0 Å². The first-order valence-corrected chi connectivity index (χ1v) is 9.36. The summed E-state index contributed by atoms with van der Waals surface area (Å²) < 4.78 is 6.16. The highest BCUT2D eigenvalue weighted by molar-refractivity contribution is 7.22.